The van der Waals surface area contributed by atoms with Crippen molar-refractivity contribution in [1.29, 1.82) is 0 Å². The Balaban J connectivity index is 5.17. The Morgan fingerprint density at radius 1 is 0.933 bits per heavy atom. The van der Waals surface area contributed by atoms with Gasteiger partial charge in [0.05, 0.1) is 12.6 Å². The largest absolute Gasteiger partial charge is 0.481 e. The third kappa shape index (κ3) is 10.7. The first-order chi connectivity index (χ1) is 14.1. The van der Waals surface area contributed by atoms with Gasteiger partial charge in [0.2, 0.25) is 17.7 Å². The lowest BCUT2D eigenvalue weighted by Gasteiger charge is -2.24. The van der Waals surface area contributed by atoms with Gasteiger partial charge in [0.25, 0.3) is 0 Å². The fraction of sp³-hybridized carbons (Fsp3) is 0.688. The van der Waals surface area contributed by atoms with Crippen LogP contribution < -0.4 is 21.7 Å². The molecule has 30 heavy (non-hydrogen) atoms. The molecular formula is C16H28N4O8S2. The fourth-order valence-electron chi connectivity index (χ4n) is 2.12. The van der Waals surface area contributed by atoms with Crippen LogP contribution in [0.5, 0.6) is 0 Å². The molecule has 0 fully saturated rings. The Morgan fingerprint density at radius 2 is 1.47 bits per heavy atom. The first-order valence-corrected chi connectivity index (χ1v) is 10.9. The first kappa shape index (κ1) is 28.0. The molecule has 0 aliphatic carbocycles. The predicted octanol–water partition coefficient (Wildman–Crippen LogP) is -2.61. The van der Waals surface area contributed by atoms with E-state index in [1.54, 1.807) is 0 Å². The lowest BCUT2D eigenvalue weighted by atomic mass is 10.1. The summed E-state index contributed by atoms with van der Waals surface area (Å²) in [6.07, 6.45) is 1.40. The van der Waals surface area contributed by atoms with Crippen molar-refractivity contribution < 1.29 is 39.3 Å². The molecule has 172 valence electrons. The number of hydrogen-bond donors (Lipinski definition) is 8. The number of thiol groups is 1. The maximum absolute atomic E-state index is 12.5. The van der Waals surface area contributed by atoms with Crippen LogP contribution in [0.3, 0.4) is 0 Å². The average Bonchev–Trinajstić information content (AvgIpc) is 2.70. The van der Waals surface area contributed by atoms with E-state index in [0.717, 1.165) is 0 Å². The van der Waals surface area contributed by atoms with Gasteiger partial charge in [0, 0.05) is 12.2 Å². The van der Waals surface area contributed by atoms with Crippen molar-refractivity contribution in [3.63, 3.8) is 0 Å². The number of nitrogens with two attached hydrogens (primary N) is 1. The molecule has 0 saturated heterocycles. The maximum Gasteiger partial charge on any atom is 0.328 e. The Morgan fingerprint density at radius 3 is 1.93 bits per heavy atom. The summed E-state index contributed by atoms with van der Waals surface area (Å²) in [6.45, 7) is -0.899. The number of amides is 3. The highest BCUT2D eigenvalue weighted by Gasteiger charge is 2.29. The van der Waals surface area contributed by atoms with E-state index in [2.05, 4.69) is 23.3 Å². The SMILES string of the molecule is CSCCC(N)C(=O)NC(CS)C(=O)NC(CCC(=O)O)C(=O)NC(CO)C(=O)O. The number of carboxylic acid groups (broad SMARTS) is 2. The van der Waals surface area contributed by atoms with E-state index in [-0.39, 0.29) is 12.2 Å². The molecule has 0 radical (unpaired) electrons. The Bertz CT molecular complexity index is 622. The lowest BCUT2D eigenvalue weighted by molar-refractivity contribution is -0.144. The molecule has 0 saturated carbocycles. The molecule has 0 aromatic rings. The molecule has 0 rings (SSSR count). The normalized spacial score (nSPS) is 14.7. The van der Waals surface area contributed by atoms with Gasteiger partial charge in [-0.1, -0.05) is 0 Å². The minimum absolute atomic E-state index is 0.130. The molecule has 0 heterocycles. The lowest BCUT2D eigenvalue weighted by Crippen LogP contribution is -2.58. The minimum Gasteiger partial charge on any atom is -0.481 e. The van der Waals surface area contributed by atoms with Crippen LogP contribution in [0.4, 0.5) is 0 Å². The molecule has 0 aliphatic heterocycles. The molecular weight excluding hydrogens is 440 g/mol. The highest BCUT2D eigenvalue weighted by Crippen LogP contribution is 2.03. The van der Waals surface area contributed by atoms with Crippen molar-refractivity contribution in [2.45, 2.75) is 43.4 Å². The van der Waals surface area contributed by atoms with Crippen molar-refractivity contribution in [1.82, 2.24) is 16.0 Å². The van der Waals surface area contributed by atoms with Crippen molar-refractivity contribution in [2.75, 3.05) is 24.4 Å². The molecule has 0 spiro atoms. The number of aliphatic hydroxyl groups is 1. The summed E-state index contributed by atoms with van der Waals surface area (Å²) in [5, 5.41) is 33.5. The number of nitrogens with one attached hydrogen (secondary N) is 3. The van der Waals surface area contributed by atoms with E-state index < -0.39 is 66.9 Å². The Hall–Kier alpha value is -2.03. The van der Waals surface area contributed by atoms with Gasteiger partial charge in [-0.05, 0) is 24.9 Å². The zero-order chi connectivity index (χ0) is 23.3. The quantitative estimate of drug-likeness (QED) is 0.117. The smallest absolute Gasteiger partial charge is 0.328 e. The van der Waals surface area contributed by atoms with Crippen LogP contribution >= 0.6 is 24.4 Å². The summed E-state index contributed by atoms with van der Waals surface area (Å²) in [5.74, 6) is -4.64. The number of rotatable bonds is 15. The van der Waals surface area contributed by atoms with Crippen LogP contribution in [0.2, 0.25) is 0 Å². The van der Waals surface area contributed by atoms with Gasteiger partial charge in [0.1, 0.15) is 18.1 Å². The third-order valence-corrected chi connectivity index (χ3v) is 4.87. The number of aliphatic hydroxyl groups excluding tert-OH is 1. The van der Waals surface area contributed by atoms with E-state index in [1.807, 2.05) is 11.6 Å². The zero-order valence-electron chi connectivity index (χ0n) is 16.4. The van der Waals surface area contributed by atoms with E-state index >= 15 is 0 Å². The predicted molar refractivity (Wildman–Crippen MR) is 112 cm³/mol. The maximum atomic E-state index is 12.5. The summed E-state index contributed by atoms with van der Waals surface area (Å²) < 4.78 is 0. The van der Waals surface area contributed by atoms with E-state index in [1.165, 1.54) is 11.8 Å². The van der Waals surface area contributed by atoms with Crippen molar-refractivity contribution >= 4 is 54.1 Å². The van der Waals surface area contributed by atoms with Crippen molar-refractivity contribution in [3.8, 4) is 0 Å². The second-order valence-electron chi connectivity index (χ2n) is 6.21. The molecule has 8 N–H and O–H groups in total. The van der Waals surface area contributed by atoms with Crippen molar-refractivity contribution in [3.05, 3.63) is 0 Å². The monoisotopic (exact) mass is 468 g/mol. The third-order valence-electron chi connectivity index (χ3n) is 3.86. The highest BCUT2D eigenvalue weighted by atomic mass is 32.2. The van der Waals surface area contributed by atoms with Gasteiger partial charge < -0.3 is 37.0 Å². The molecule has 14 heteroatoms. The van der Waals surface area contributed by atoms with Crippen LogP contribution in [0, 0.1) is 0 Å². The second kappa shape index (κ2) is 14.9. The zero-order valence-corrected chi connectivity index (χ0v) is 18.1. The topological polar surface area (TPSA) is 208 Å². The number of thioether (sulfide) groups is 1. The van der Waals surface area contributed by atoms with Gasteiger partial charge in [-0.25, -0.2) is 4.79 Å². The fourth-order valence-corrected chi connectivity index (χ4v) is 2.86. The Kier molecular flexibility index (Phi) is 13.9. The summed E-state index contributed by atoms with van der Waals surface area (Å²) in [5.41, 5.74) is 5.74. The van der Waals surface area contributed by atoms with Crippen LogP contribution in [0.25, 0.3) is 0 Å². The van der Waals surface area contributed by atoms with E-state index in [0.29, 0.717) is 12.2 Å². The molecule has 0 aromatic carbocycles. The van der Waals surface area contributed by atoms with E-state index in [9.17, 15) is 24.0 Å². The highest BCUT2D eigenvalue weighted by molar-refractivity contribution is 7.98. The molecule has 3 amide bonds. The molecule has 0 aliphatic rings. The van der Waals surface area contributed by atoms with Crippen LogP contribution in [-0.4, -0.2) is 93.5 Å². The van der Waals surface area contributed by atoms with E-state index in [4.69, 9.17) is 21.1 Å². The van der Waals surface area contributed by atoms with Gasteiger partial charge in [-0.15, -0.1) is 0 Å². The number of carbonyl (C=O) groups excluding carboxylic acids is 3. The molecule has 12 nitrogen and oxygen atoms in total. The van der Waals surface area contributed by atoms with Crippen LogP contribution in [-0.2, 0) is 24.0 Å². The number of aliphatic carboxylic acids is 2. The standard InChI is InChI=1S/C16H28N4O8S2/c1-30-5-4-8(17)13(24)20-11(7-29)15(26)18-9(2-3-12(22)23)14(25)19-10(6-21)16(27)28/h8-11,21,29H,2-7,17H2,1H3,(H,18,26)(H,19,25)(H,20,24)(H,22,23)(H,27,28). The average molecular weight is 469 g/mol. The second-order valence-corrected chi connectivity index (χ2v) is 7.56. The van der Waals surface area contributed by atoms with Gasteiger partial charge in [0.15, 0.2) is 0 Å². The van der Waals surface area contributed by atoms with Gasteiger partial charge in [-0.3, -0.25) is 19.2 Å². The summed E-state index contributed by atoms with van der Waals surface area (Å²) >= 11 is 5.50. The number of carboxylic acids is 2. The number of hydrogen-bond acceptors (Lipinski definition) is 9. The van der Waals surface area contributed by atoms with Gasteiger partial charge in [-0.2, -0.15) is 24.4 Å². The molecule has 4 unspecified atom stereocenters. The summed E-state index contributed by atoms with van der Waals surface area (Å²) in [7, 11) is 0. The van der Waals surface area contributed by atoms with Crippen LogP contribution in [0.1, 0.15) is 19.3 Å². The van der Waals surface area contributed by atoms with Crippen LogP contribution in [0.15, 0.2) is 0 Å². The van der Waals surface area contributed by atoms with Crippen molar-refractivity contribution in [2.24, 2.45) is 5.73 Å². The molecule has 0 bridgehead atoms. The molecule has 0 aromatic heterocycles. The molecule has 4 atom stereocenters. The first-order valence-electron chi connectivity index (χ1n) is 8.89. The van der Waals surface area contributed by atoms with Gasteiger partial charge >= 0.3 is 11.9 Å². The summed E-state index contributed by atoms with van der Waals surface area (Å²) in [6, 6.07) is -5.04. The summed E-state index contributed by atoms with van der Waals surface area (Å²) in [4.78, 5) is 58.7. The number of carbonyl (C=O) groups is 5. The Labute approximate surface area is 183 Å². The minimum atomic E-state index is -1.63.